The highest BCUT2D eigenvalue weighted by Gasteiger charge is 2.08. The lowest BCUT2D eigenvalue weighted by Gasteiger charge is -2.04. The van der Waals surface area contributed by atoms with Gasteiger partial charge in [-0.2, -0.15) is 0 Å². The standard InChI is InChI=1S/C14H8ClFN2O2/c15-8-1-2-12-11(5-8)14(20)18-13(17-12)7-3-9(16)6-10(19)4-7/h1-6,19H,(H,17,18,20). The lowest BCUT2D eigenvalue weighted by atomic mass is 10.1. The van der Waals surface area contributed by atoms with Crippen LogP contribution in [-0.4, -0.2) is 15.1 Å². The quantitative estimate of drug-likeness (QED) is 0.724. The van der Waals surface area contributed by atoms with Gasteiger partial charge in [0, 0.05) is 16.7 Å². The normalized spacial score (nSPS) is 10.9. The van der Waals surface area contributed by atoms with E-state index < -0.39 is 5.82 Å². The van der Waals surface area contributed by atoms with Gasteiger partial charge in [-0.05, 0) is 30.3 Å². The highest BCUT2D eigenvalue weighted by Crippen LogP contribution is 2.23. The second-order valence-corrected chi connectivity index (χ2v) is 4.71. The number of nitrogens with one attached hydrogen (secondary N) is 1. The minimum absolute atomic E-state index is 0.180. The Hall–Kier alpha value is -2.40. The summed E-state index contributed by atoms with van der Waals surface area (Å²) in [7, 11) is 0. The Morgan fingerprint density at radius 2 is 2.00 bits per heavy atom. The van der Waals surface area contributed by atoms with Gasteiger partial charge in [-0.3, -0.25) is 4.79 Å². The van der Waals surface area contributed by atoms with E-state index in [4.69, 9.17) is 11.6 Å². The van der Waals surface area contributed by atoms with Crippen molar-refractivity contribution >= 4 is 22.5 Å². The SMILES string of the molecule is O=c1[nH]c(-c2cc(O)cc(F)c2)nc2ccc(Cl)cc12. The maximum absolute atomic E-state index is 13.3. The first-order valence-electron chi connectivity index (χ1n) is 5.72. The van der Waals surface area contributed by atoms with Crippen LogP contribution in [0.4, 0.5) is 4.39 Å². The van der Waals surface area contributed by atoms with E-state index in [1.165, 1.54) is 18.2 Å². The molecular formula is C14H8ClFN2O2. The number of nitrogens with zero attached hydrogens (tertiary/aromatic N) is 1. The summed E-state index contributed by atoms with van der Waals surface area (Å²) in [6, 6.07) is 8.21. The monoisotopic (exact) mass is 290 g/mol. The van der Waals surface area contributed by atoms with Gasteiger partial charge in [0.1, 0.15) is 17.4 Å². The van der Waals surface area contributed by atoms with Crippen LogP contribution in [0, 0.1) is 5.82 Å². The van der Waals surface area contributed by atoms with Crippen molar-refractivity contribution in [3.8, 4) is 17.1 Å². The molecule has 0 aliphatic heterocycles. The van der Waals surface area contributed by atoms with Crippen LogP contribution in [-0.2, 0) is 0 Å². The van der Waals surface area contributed by atoms with Crippen molar-refractivity contribution in [2.75, 3.05) is 0 Å². The summed E-state index contributed by atoms with van der Waals surface area (Å²) in [6.45, 7) is 0. The van der Waals surface area contributed by atoms with Crippen LogP contribution in [0.5, 0.6) is 5.75 Å². The molecule has 2 N–H and O–H groups in total. The summed E-state index contributed by atoms with van der Waals surface area (Å²) in [5.74, 6) is -0.669. The van der Waals surface area contributed by atoms with Crippen molar-refractivity contribution in [2.24, 2.45) is 0 Å². The van der Waals surface area contributed by atoms with Crippen molar-refractivity contribution in [3.05, 3.63) is 57.6 Å². The molecule has 6 heteroatoms. The third-order valence-corrected chi connectivity index (χ3v) is 3.06. The summed E-state index contributed by atoms with van der Waals surface area (Å²) in [5, 5.41) is 10.2. The third-order valence-electron chi connectivity index (χ3n) is 2.82. The molecule has 100 valence electrons. The van der Waals surface area contributed by atoms with Gasteiger partial charge in [-0.1, -0.05) is 11.6 Å². The molecule has 0 aliphatic carbocycles. The number of fused-ring (bicyclic) bond motifs is 1. The first kappa shape index (κ1) is 12.6. The fourth-order valence-electron chi connectivity index (χ4n) is 1.96. The Morgan fingerprint density at radius 3 is 2.75 bits per heavy atom. The van der Waals surface area contributed by atoms with E-state index in [9.17, 15) is 14.3 Å². The van der Waals surface area contributed by atoms with Crippen LogP contribution in [0.3, 0.4) is 0 Å². The average Bonchev–Trinajstić information content (AvgIpc) is 2.38. The number of benzene rings is 2. The first-order chi connectivity index (χ1) is 9.52. The minimum atomic E-state index is -0.612. The predicted molar refractivity (Wildman–Crippen MR) is 74.4 cm³/mol. The van der Waals surface area contributed by atoms with Crippen molar-refractivity contribution in [1.29, 1.82) is 0 Å². The van der Waals surface area contributed by atoms with Crippen molar-refractivity contribution < 1.29 is 9.50 Å². The molecule has 0 bridgehead atoms. The smallest absolute Gasteiger partial charge is 0.259 e. The number of hydrogen-bond donors (Lipinski definition) is 2. The number of aromatic hydroxyl groups is 1. The largest absolute Gasteiger partial charge is 0.508 e. The lowest BCUT2D eigenvalue weighted by Crippen LogP contribution is -2.09. The third kappa shape index (κ3) is 2.23. The maximum atomic E-state index is 13.3. The highest BCUT2D eigenvalue weighted by atomic mass is 35.5. The first-order valence-corrected chi connectivity index (χ1v) is 6.10. The van der Waals surface area contributed by atoms with Crippen molar-refractivity contribution in [1.82, 2.24) is 9.97 Å². The number of phenols is 1. The van der Waals surface area contributed by atoms with Crippen molar-refractivity contribution in [3.63, 3.8) is 0 Å². The van der Waals surface area contributed by atoms with Crippen molar-refractivity contribution in [2.45, 2.75) is 0 Å². The van der Waals surface area contributed by atoms with Gasteiger partial charge in [0.05, 0.1) is 10.9 Å². The van der Waals surface area contributed by atoms with E-state index in [2.05, 4.69) is 9.97 Å². The molecule has 0 amide bonds. The molecular weight excluding hydrogens is 283 g/mol. The molecule has 2 aromatic carbocycles. The van der Waals surface area contributed by atoms with Gasteiger partial charge in [0.25, 0.3) is 5.56 Å². The number of aromatic nitrogens is 2. The molecule has 0 saturated heterocycles. The van der Waals surface area contributed by atoms with E-state index in [1.54, 1.807) is 12.1 Å². The summed E-state index contributed by atoms with van der Waals surface area (Å²) in [6.07, 6.45) is 0. The van der Waals surface area contributed by atoms with E-state index in [0.29, 0.717) is 15.9 Å². The summed E-state index contributed by atoms with van der Waals surface area (Å²) in [4.78, 5) is 18.8. The van der Waals surface area contributed by atoms with Gasteiger partial charge in [0.15, 0.2) is 0 Å². The molecule has 4 nitrogen and oxygen atoms in total. The van der Waals surface area contributed by atoms with E-state index >= 15 is 0 Å². The van der Waals surface area contributed by atoms with Crippen LogP contribution in [0.15, 0.2) is 41.2 Å². The highest BCUT2D eigenvalue weighted by molar-refractivity contribution is 6.31. The molecule has 20 heavy (non-hydrogen) atoms. The molecule has 3 rings (SSSR count). The molecule has 0 aliphatic rings. The number of halogens is 2. The molecule has 0 saturated carbocycles. The number of rotatable bonds is 1. The summed E-state index contributed by atoms with van der Waals surface area (Å²) < 4.78 is 13.3. The molecule has 0 atom stereocenters. The van der Waals surface area contributed by atoms with Gasteiger partial charge in [-0.15, -0.1) is 0 Å². The molecule has 0 fully saturated rings. The van der Waals surface area contributed by atoms with E-state index in [1.807, 2.05) is 0 Å². The zero-order valence-corrected chi connectivity index (χ0v) is 10.8. The van der Waals surface area contributed by atoms with Gasteiger partial charge >= 0.3 is 0 Å². The van der Waals surface area contributed by atoms with Crippen LogP contribution < -0.4 is 5.56 Å². The Bertz CT molecular complexity index is 856. The maximum Gasteiger partial charge on any atom is 0.259 e. The number of H-pyrrole nitrogens is 1. The van der Waals surface area contributed by atoms with Gasteiger partial charge < -0.3 is 10.1 Å². The Morgan fingerprint density at radius 1 is 1.20 bits per heavy atom. The van der Waals surface area contributed by atoms with Crippen LogP contribution >= 0.6 is 11.6 Å². The molecule has 0 spiro atoms. The predicted octanol–water partition coefficient (Wildman–Crippen LogP) is 3.09. The second kappa shape index (κ2) is 4.61. The fraction of sp³-hybridized carbons (Fsp3) is 0. The van der Waals surface area contributed by atoms with Crippen LogP contribution in [0.25, 0.3) is 22.3 Å². The van der Waals surface area contributed by atoms with E-state index in [0.717, 1.165) is 6.07 Å². The molecule has 3 aromatic rings. The van der Waals surface area contributed by atoms with Crippen LogP contribution in [0.1, 0.15) is 0 Å². The Labute approximate surface area is 117 Å². The summed E-state index contributed by atoms with van der Waals surface area (Å²) >= 11 is 5.83. The van der Waals surface area contributed by atoms with Gasteiger partial charge in [-0.25, -0.2) is 9.37 Å². The minimum Gasteiger partial charge on any atom is -0.508 e. The Balaban J connectivity index is 2.27. The molecule has 1 heterocycles. The number of aromatic amines is 1. The zero-order valence-electron chi connectivity index (χ0n) is 10.0. The lowest BCUT2D eigenvalue weighted by molar-refractivity contribution is 0.469. The van der Waals surface area contributed by atoms with Crippen LogP contribution in [0.2, 0.25) is 5.02 Å². The second-order valence-electron chi connectivity index (χ2n) is 4.27. The van der Waals surface area contributed by atoms with E-state index in [-0.39, 0.29) is 22.7 Å². The Kier molecular flexibility index (Phi) is 2.91. The summed E-state index contributed by atoms with van der Waals surface area (Å²) in [5.41, 5.74) is 0.351. The fourth-order valence-corrected chi connectivity index (χ4v) is 2.13. The molecule has 0 radical (unpaired) electrons. The zero-order chi connectivity index (χ0) is 14.3. The topological polar surface area (TPSA) is 66.0 Å². The average molecular weight is 291 g/mol. The number of phenolic OH excluding ortho intramolecular Hbond substituents is 1. The number of hydrogen-bond acceptors (Lipinski definition) is 3. The molecule has 1 aromatic heterocycles. The molecule has 0 unspecified atom stereocenters. The van der Waals surface area contributed by atoms with Gasteiger partial charge in [0.2, 0.25) is 0 Å².